The van der Waals surface area contributed by atoms with Gasteiger partial charge >= 0.3 is 5.97 Å². The molecule has 0 bridgehead atoms. The third kappa shape index (κ3) is 6.20. The van der Waals surface area contributed by atoms with Crippen LogP contribution in [-0.4, -0.2) is 40.7 Å². The highest BCUT2D eigenvalue weighted by Gasteiger charge is 2.29. The fraction of sp³-hybridized carbons (Fsp3) is 0.414. The van der Waals surface area contributed by atoms with E-state index in [2.05, 4.69) is 28.7 Å². The number of carbonyl (C=O) groups is 1. The van der Waals surface area contributed by atoms with E-state index < -0.39 is 5.97 Å². The predicted octanol–water partition coefficient (Wildman–Crippen LogP) is 5.72. The summed E-state index contributed by atoms with van der Waals surface area (Å²) in [5, 5.41) is 9.67. The zero-order valence-electron chi connectivity index (χ0n) is 21.3. The van der Waals surface area contributed by atoms with Crippen molar-refractivity contribution in [3.63, 3.8) is 0 Å². The highest BCUT2D eigenvalue weighted by Crippen LogP contribution is 2.39. The summed E-state index contributed by atoms with van der Waals surface area (Å²) in [6.45, 7) is 8.76. The van der Waals surface area contributed by atoms with Gasteiger partial charge in [-0.3, -0.25) is 14.8 Å². The predicted molar refractivity (Wildman–Crippen MR) is 139 cm³/mol. The average Bonchev–Trinajstić information content (AvgIpc) is 2.85. The van der Waals surface area contributed by atoms with E-state index in [9.17, 15) is 14.3 Å². The summed E-state index contributed by atoms with van der Waals surface area (Å²) in [7, 11) is 0. The summed E-state index contributed by atoms with van der Waals surface area (Å²) in [4.78, 5) is 23.4. The van der Waals surface area contributed by atoms with Crippen LogP contribution in [0.5, 0.6) is 5.75 Å². The maximum atomic E-state index is 13.1. The van der Waals surface area contributed by atoms with Gasteiger partial charge in [0.15, 0.2) is 0 Å². The van der Waals surface area contributed by atoms with Crippen molar-refractivity contribution in [1.82, 2.24) is 9.97 Å². The Balaban J connectivity index is 1.59. The van der Waals surface area contributed by atoms with Crippen LogP contribution in [0, 0.1) is 11.2 Å². The highest BCUT2D eigenvalue weighted by molar-refractivity contribution is 5.83. The molecular weight excluding hydrogens is 457 g/mol. The quantitative estimate of drug-likeness (QED) is 0.413. The van der Waals surface area contributed by atoms with Gasteiger partial charge in [0.05, 0.1) is 30.6 Å². The van der Waals surface area contributed by atoms with Gasteiger partial charge < -0.3 is 14.7 Å². The van der Waals surface area contributed by atoms with E-state index in [0.29, 0.717) is 25.2 Å². The number of nitrogens with zero attached hydrogens (tertiary/aromatic N) is 3. The second-order valence-electron chi connectivity index (χ2n) is 10.1. The van der Waals surface area contributed by atoms with Crippen LogP contribution in [0.3, 0.4) is 0 Å². The SMILES string of the molecule is CCc1ncc(-c2ccc(OCCc3ccc(F)cc3)cn2)c(N2CCC(C)(C)CC2)c1CC(=O)O. The molecule has 1 fully saturated rings. The first-order valence-corrected chi connectivity index (χ1v) is 12.6. The number of carboxylic acids is 1. The fourth-order valence-electron chi connectivity index (χ4n) is 4.67. The summed E-state index contributed by atoms with van der Waals surface area (Å²) in [6, 6.07) is 10.2. The van der Waals surface area contributed by atoms with Crippen LogP contribution < -0.4 is 9.64 Å². The summed E-state index contributed by atoms with van der Waals surface area (Å²) in [5.74, 6) is -0.466. The fourth-order valence-corrected chi connectivity index (χ4v) is 4.67. The van der Waals surface area contributed by atoms with Crippen molar-refractivity contribution >= 4 is 11.7 Å². The Labute approximate surface area is 212 Å². The number of rotatable bonds is 9. The minimum atomic E-state index is -0.861. The number of anilines is 1. The Morgan fingerprint density at radius 2 is 1.81 bits per heavy atom. The Morgan fingerprint density at radius 3 is 2.42 bits per heavy atom. The van der Waals surface area contributed by atoms with Crippen molar-refractivity contribution in [3.05, 3.63) is 71.4 Å². The first kappa shape index (κ1) is 25.6. The molecule has 36 heavy (non-hydrogen) atoms. The molecule has 0 atom stereocenters. The molecule has 190 valence electrons. The number of aromatic nitrogens is 2. The molecule has 0 unspecified atom stereocenters. The number of pyridine rings is 2. The van der Waals surface area contributed by atoms with E-state index in [1.165, 1.54) is 12.1 Å². The van der Waals surface area contributed by atoms with Crippen LogP contribution in [0.15, 0.2) is 48.8 Å². The van der Waals surface area contributed by atoms with E-state index in [0.717, 1.165) is 59.7 Å². The molecule has 1 aliphatic heterocycles. The molecule has 2 aromatic heterocycles. The van der Waals surface area contributed by atoms with E-state index in [1.54, 1.807) is 18.3 Å². The first-order valence-electron chi connectivity index (χ1n) is 12.6. The molecule has 7 heteroatoms. The Morgan fingerprint density at radius 1 is 1.08 bits per heavy atom. The molecule has 1 saturated heterocycles. The number of hydrogen-bond donors (Lipinski definition) is 1. The number of carboxylic acid groups (broad SMARTS) is 1. The van der Waals surface area contributed by atoms with Gasteiger partial charge in [0, 0.05) is 42.5 Å². The second kappa shape index (κ2) is 11.1. The number of hydrogen-bond acceptors (Lipinski definition) is 5. The van der Waals surface area contributed by atoms with Crippen molar-refractivity contribution in [3.8, 4) is 17.0 Å². The molecule has 3 aromatic rings. The summed E-state index contributed by atoms with van der Waals surface area (Å²) in [5.41, 5.74) is 5.41. The van der Waals surface area contributed by atoms with E-state index in [4.69, 9.17) is 4.74 Å². The third-order valence-corrected chi connectivity index (χ3v) is 6.92. The lowest BCUT2D eigenvalue weighted by Crippen LogP contribution is -2.38. The molecule has 0 amide bonds. The molecule has 1 N–H and O–H groups in total. The van der Waals surface area contributed by atoms with Crippen LogP contribution >= 0.6 is 0 Å². The van der Waals surface area contributed by atoms with E-state index in [-0.39, 0.29) is 17.7 Å². The lowest BCUT2D eigenvalue weighted by atomic mass is 9.82. The molecule has 0 spiro atoms. The van der Waals surface area contributed by atoms with Gasteiger partial charge in [-0.15, -0.1) is 0 Å². The minimum absolute atomic E-state index is 0.0657. The minimum Gasteiger partial charge on any atom is -0.492 e. The van der Waals surface area contributed by atoms with Crippen LogP contribution in [0.2, 0.25) is 0 Å². The number of ether oxygens (including phenoxy) is 1. The zero-order chi connectivity index (χ0) is 25.7. The van der Waals surface area contributed by atoms with Gasteiger partial charge in [0.25, 0.3) is 0 Å². The van der Waals surface area contributed by atoms with E-state index in [1.807, 2.05) is 25.3 Å². The second-order valence-corrected chi connectivity index (χ2v) is 10.1. The van der Waals surface area contributed by atoms with Gasteiger partial charge in [0.1, 0.15) is 11.6 Å². The molecule has 3 heterocycles. The van der Waals surface area contributed by atoms with Gasteiger partial charge in [-0.05, 0) is 54.5 Å². The van der Waals surface area contributed by atoms with E-state index >= 15 is 0 Å². The standard InChI is InChI=1S/C29H34FN3O3/c1-4-25-23(17-27(34)35)28(33-14-12-29(2,3)13-15-33)24(19-32-25)26-10-9-22(18-31-26)36-16-11-20-5-7-21(30)8-6-20/h5-10,18-19H,4,11-17H2,1-3H3,(H,34,35). The molecule has 0 saturated carbocycles. The number of piperidine rings is 1. The van der Waals surface area contributed by atoms with Gasteiger partial charge in [-0.1, -0.05) is 32.9 Å². The van der Waals surface area contributed by atoms with Crippen molar-refractivity contribution in [1.29, 1.82) is 0 Å². The monoisotopic (exact) mass is 491 g/mol. The van der Waals surface area contributed by atoms with Crippen LogP contribution in [0.4, 0.5) is 10.1 Å². The van der Waals surface area contributed by atoms with Crippen molar-refractivity contribution in [2.24, 2.45) is 5.41 Å². The van der Waals surface area contributed by atoms with Crippen LogP contribution in [0.1, 0.15) is 50.4 Å². The van der Waals surface area contributed by atoms with Crippen LogP contribution in [-0.2, 0) is 24.1 Å². The summed E-state index contributed by atoms with van der Waals surface area (Å²) < 4.78 is 18.9. The molecule has 6 nitrogen and oxygen atoms in total. The Bertz CT molecular complexity index is 1180. The van der Waals surface area contributed by atoms with Crippen molar-refractivity contribution in [2.45, 2.75) is 52.9 Å². The number of halogens is 1. The Kier molecular flexibility index (Phi) is 7.87. The molecule has 1 aliphatic rings. The molecule has 0 radical (unpaired) electrons. The topological polar surface area (TPSA) is 75.6 Å². The first-order chi connectivity index (χ1) is 17.3. The summed E-state index contributed by atoms with van der Waals surface area (Å²) >= 11 is 0. The number of aryl methyl sites for hydroxylation is 1. The molecule has 4 rings (SSSR count). The molecular formula is C29H34FN3O3. The van der Waals surface area contributed by atoms with Crippen molar-refractivity contribution in [2.75, 3.05) is 24.6 Å². The van der Waals surface area contributed by atoms with Gasteiger partial charge in [0.2, 0.25) is 0 Å². The maximum absolute atomic E-state index is 13.1. The van der Waals surface area contributed by atoms with Crippen molar-refractivity contribution < 1.29 is 19.0 Å². The smallest absolute Gasteiger partial charge is 0.307 e. The zero-order valence-corrected chi connectivity index (χ0v) is 21.3. The van der Waals surface area contributed by atoms with Gasteiger partial charge in [-0.25, -0.2) is 4.39 Å². The third-order valence-electron chi connectivity index (χ3n) is 6.92. The average molecular weight is 492 g/mol. The lowest BCUT2D eigenvalue weighted by Gasteiger charge is -2.40. The number of benzene rings is 1. The van der Waals surface area contributed by atoms with Gasteiger partial charge in [-0.2, -0.15) is 0 Å². The largest absolute Gasteiger partial charge is 0.492 e. The molecule has 0 aliphatic carbocycles. The van der Waals surface area contributed by atoms with Crippen LogP contribution in [0.25, 0.3) is 11.3 Å². The summed E-state index contributed by atoms with van der Waals surface area (Å²) in [6.07, 6.45) is 6.87. The molecule has 1 aromatic carbocycles. The lowest BCUT2D eigenvalue weighted by molar-refractivity contribution is -0.136. The number of aliphatic carboxylic acids is 1. The maximum Gasteiger partial charge on any atom is 0.307 e. The Hall–Kier alpha value is -3.48. The highest BCUT2D eigenvalue weighted by atomic mass is 19.1. The normalized spacial score (nSPS) is 15.1.